The number of hydrogen-bond acceptors (Lipinski definition) is 9. The van der Waals surface area contributed by atoms with Crippen LogP contribution < -0.4 is 20.1 Å². The van der Waals surface area contributed by atoms with Crippen molar-refractivity contribution in [2.24, 2.45) is 0 Å². The number of ether oxygens (including phenoxy) is 2. The lowest BCUT2D eigenvalue weighted by atomic mass is 10.0. The van der Waals surface area contributed by atoms with Crippen molar-refractivity contribution in [3.8, 4) is 17.1 Å². The summed E-state index contributed by atoms with van der Waals surface area (Å²) in [4.78, 5) is 61.5. The highest BCUT2D eigenvalue weighted by atomic mass is 32.2. The normalized spacial score (nSPS) is 19.7. The van der Waals surface area contributed by atoms with Gasteiger partial charge in [-0.1, -0.05) is 73.5 Å². The maximum absolute atomic E-state index is 14.6. The molecule has 3 aliphatic rings. The van der Waals surface area contributed by atoms with Crippen LogP contribution in [-0.2, 0) is 29.1 Å². The first-order chi connectivity index (χ1) is 26.7. The van der Waals surface area contributed by atoms with Crippen LogP contribution in [0, 0.1) is 0 Å². The van der Waals surface area contributed by atoms with Gasteiger partial charge >= 0.3 is 6.09 Å². The van der Waals surface area contributed by atoms with Gasteiger partial charge in [-0.25, -0.2) is 18.2 Å². The zero-order chi connectivity index (χ0) is 40.1. The molecule has 13 nitrogen and oxygen atoms in total. The Balaban J connectivity index is 1.28. The number of amides is 4. The largest absolute Gasteiger partial charge is 0.472 e. The number of fused-ring (bicyclic) bond motifs is 1. The van der Waals surface area contributed by atoms with Gasteiger partial charge in [0.1, 0.15) is 29.3 Å². The number of sulfonamides is 1. The van der Waals surface area contributed by atoms with Crippen LogP contribution in [-0.4, -0.2) is 83.2 Å². The molecule has 3 aromatic rings. The van der Waals surface area contributed by atoms with E-state index in [0.717, 1.165) is 35.6 Å². The first kappa shape index (κ1) is 40.7. The second kappa shape index (κ2) is 17.0. The number of hydrogen-bond donors (Lipinski definition) is 3. The monoisotopic (exact) mass is 787 g/mol. The Morgan fingerprint density at radius 1 is 1.00 bits per heavy atom. The summed E-state index contributed by atoms with van der Waals surface area (Å²) in [6.07, 6.45) is 7.71. The summed E-state index contributed by atoms with van der Waals surface area (Å²) in [5, 5.41) is 6.61. The molecule has 0 unspecified atom stereocenters. The van der Waals surface area contributed by atoms with E-state index < -0.39 is 68.4 Å². The lowest BCUT2D eigenvalue weighted by Gasteiger charge is -2.30. The number of pyridine rings is 1. The summed E-state index contributed by atoms with van der Waals surface area (Å²) in [5.41, 5.74) is -0.634. The van der Waals surface area contributed by atoms with E-state index in [1.165, 1.54) is 4.90 Å². The van der Waals surface area contributed by atoms with Crippen LogP contribution >= 0.6 is 0 Å². The number of nitrogens with zero attached hydrogens (tertiary/aromatic N) is 2. The molecule has 4 amide bonds. The Morgan fingerprint density at radius 3 is 2.39 bits per heavy atom. The van der Waals surface area contributed by atoms with E-state index in [1.54, 1.807) is 20.8 Å². The third kappa shape index (κ3) is 10.2. The molecule has 2 aromatic carbocycles. The minimum absolute atomic E-state index is 0.00839. The van der Waals surface area contributed by atoms with Gasteiger partial charge in [0, 0.05) is 17.4 Å². The maximum Gasteiger partial charge on any atom is 0.408 e. The minimum atomic E-state index is -3.84. The molecule has 2 heterocycles. The fourth-order valence-corrected chi connectivity index (χ4v) is 8.33. The Hall–Kier alpha value is -4.98. The van der Waals surface area contributed by atoms with Crippen molar-refractivity contribution in [1.29, 1.82) is 0 Å². The highest BCUT2D eigenvalue weighted by Gasteiger charge is 2.55. The molecule has 0 radical (unpaired) electrons. The summed E-state index contributed by atoms with van der Waals surface area (Å²) in [5.74, 6) is -1.54. The van der Waals surface area contributed by atoms with Crippen LogP contribution in [0.4, 0.5) is 4.79 Å². The summed E-state index contributed by atoms with van der Waals surface area (Å²) < 4.78 is 39.6. The molecule has 6 rings (SSSR count). The zero-order valence-corrected chi connectivity index (χ0v) is 33.4. The smallest absolute Gasteiger partial charge is 0.408 e. The van der Waals surface area contributed by atoms with Gasteiger partial charge in [-0.3, -0.25) is 19.1 Å². The number of likely N-dealkylation sites (tertiary alicyclic amines) is 1. The topological polar surface area (TPSA) is 173 Å². The molecule has 3 fully saturated rings. The fraction of sp³-hybridized carbons (Fsp3) is 0.500. The van der Waals surface area contributed by atoms with E-state index >= 15 is 0 Å². The molecule has 0 spiro atoms. The molecule has 1 saturated heterocycles. The molecule has 3 N–H and O–H groups in total. The zero-order valence-electron chi connectivity index (χ0n) is 32.6. The molecule has 2 saturated carbocycles. The quantitative estimate of drug-likeness (QED) is 0.118. The average Bonchev–Trinajstić information content (AvgIpc) is 4.10. The molecule has 56 heavy (non-hydrogen) atoms. The number of nitrogens with one attached hydrogen (secondary N) is 3. The van der Waals surface area contributed by atoms with Gasteiger partial charge in [0.25, 0.3) is 5.91 Å². The maximum atomic E-state index is 14.6. The number of benzene rings is 2. The molecule has 300 valence electrons. The molecule has 0 bridgehead atoms. The standard InChI is InChI=1S/C42H53N5O8S/c1-5-6-7-8-9-13-20-33(44-40(51)55-41(2,3)4)38(49)47-27-30(26-35(47)36(48)45-42(23-24-42)39(50)46-56(52,53)31-21-22-31)54-37-32-19-15-14-18-29(32)25-34(43-37)28-16-11-10-12-17-28/h5-6,10-12,14-19,25,30-31,33,35H,7-9,13,20-24,26-27H2,1-4H3,(H,44,51)(H,45,48)(H,46,50)/t30-,33+,35+/m1/s1. The van der Waals surface area contributed by atoms with Gasteiger partial charge in [-0.15, -0.1) is 0 Å². The number of allylic oxidation sites excluding steroid dienone is 2. The first-order valence-corrected chi connectivity index (χ1v) is 21.1. The number of carbonyl (C=O) groups excluding carboxylic acids is 4. The Morgan fingerprint density at radius 2 is 1.71 bits per heavy atom. The number of aromatic nitrogens is 1. The van der Waals surface area contributed by atoms with Gasteiger partial charge in [0.05, 0.1) is 17.5 Å². The van der Waals surface area contributed by atoms with Crippen LogP contribution in [0.1, 0.15) is 91.9 Å². The second-order valence-electron chi connectivity index (χ2n) is 16.0. The van der Waals surface area contributed by atoms with Gasteiger partial charge in [-0.05, 0) is 90.2 Å². The van der Waals surface area contributed by atoms with Gasteiger partial charge < -0.3 is 25.0 Å². The number of rotatable bonds is 16. The highest BCUT2D eigenvalue weighted by molar-refractivity contribution is 7.91. The highest BCUT2D eigenvalue weighted by Crippen LogP contribution is 2.38. The molecule has 3 atom stereocenters. The lowest BCUT2D eigenvalue weighted by molar-refractivity contribution is -0.141. The van der Waals surface area contributed by atoms with Crippen LogP contribution in [0.3, 0.4) is 0 Å². The molecule has 1 aromatic heterocycles. The number of alkyl carbamates (subject to hydrolysis) is 1. The summed E-state index contributed by atoms with van der Waals surface area (Å²) in [6.45, 7) is 7.16. The Labute approximate surface area is 329 Å². The molecule has 1 aliphatic heterocycles. The SMILES string of the molecule is CC=CCCCCC[C@H](NC(=O)OC(C)(C)C)C(=O)N1C[C@H](Oc2nc(-c3ccccc3)cc3ccccc23)C[C@H]1C(=O)NC1(C(=O)NS(=O)(=O)C2CC2)CC1. The van der Waals surface area contributed by atoms with E-state index in [9.17, 15) is 27.6 Å². The van der Waals surface area contributed by atoms with E-state index in [2.05, 4.69) is 21.4 Å². The van der Waals surface area contributed by atoms with E-state index in [1.807, 2.05) is 73.7 Å². The predicted molar refractivity (Wildman–Crippen MR) is 213 cm³/mol. The molecular formula is C42H53N5O8S. The summed E-state index contributed by atoms with van der Waals surface area (Å²) in [6, 6.07) is 17.2. The van der Waals surface area contributed by atoms with Crippen molar-refractivity contribution in [1.82, 2.24) is 25.2 Å². The predicted octanol–water partition coefficient (Wildman–Crippen LogP) is 5.93. The van der Waals surface area contributed by atoms with Crippen LogP contribution in [0.5, 0.6) is 5.88 Å². The van der Waals surface area contributed by atoms with Crippen molar-refractivity contribution in [3.63, 3.8) is 0 Å². The van der Waals surface area contributed by atoms with E-state index in [0.29, 0.717) is 37.3 Å². The van der Waals surface area contributed by atoms with Gasteiger partial charge in [0.2, 0.25) is 27.7 Å². The van der Waals surface area contributed by atoms with E-state index in [-0.39, 0.29) is 25.8 Å². The average molecular weight is 788 g/mol. The number of carbonyl (C=O) groups is 4. The minimum Gasteiger partial charge on any atom is -0.472 e. The summed E-state index contributed by atoms with van der Waals surface area (Å²) in [7, 11) is -3.84. The van der Waals surface area contributed by atoms with Gasteiger partial charge in [-0.2, -0.15) is 0 Å². The van der Waals surface area contributed by atoms with Crippen molar-refractivity contribution < 1.29 is 37.1 Å². The fourth-order valence-electron chi connectivity index (χ4n) is 6.95. The lowest BCUT2D eigenvalue weighted by Crippen LogP contribution is -2.57. The molecule has 14 heteroatoms. The summed E-state index contributed by atoms with van der Waals surface area (Å²) >= 11 is 0. The van der Waals surface area contributed by atoms with Crippen LogP contribution in [0.15, 0.2) is 72.8 Å². The van der Waals surface area contributed by atoms with Crippen molar-refractivity contribution >= 4 is 44.6 Å². The Bertz CT molecular complexity index is 2060. The first-order valence-electron chi connectivity index (χ1n) is 19.6. The van der Waals surface area contributed by atoms with Gasteiger partial charge in [0.15, 0.2) is 0 Å². The van der Waals surface area contributed by atoms with E-state index in [4.69, 9.17) is 14.5 Å². The van der Waals surface area contributed by atoms with Crippen molar-refractivity contribution in [3.05, 3.63) is 72.8 Å². The van der Waals surface area contributed by atoms with Crippen molar-refractivity contribution in [2.75, 3.05) is 6.54 Å². The molecular weight excluding hydrogens is 735 g/mol. The third-order valence-electron chi connectivity index (χ3n) is 10.2. The Kier molecular flexibility index (Phi) is 12.4. The molecule has 2 aliphatic carbocycles. The number of unbranched alkanes of at least 4 members (excludes halogenated alkanes) is 3. The third-order valence-corrected chi connectivity index (χ3v) is 12.1. The second-order valence-corrected chi connectivity index (χ2v) is 18.0. The van der Waals surface area contributed by atoms with Crippen LogP contribution in [0.2, 0.25) is 0 Å². The van der Waals surface area contributed by atoms with Crippen LogP contribution in [0.25, 0.3) is 22.0 Å². The van der Waals surface area contributed by atoms with Crippen molar-refractivity contribution in [2.45, 2.75) is 126 Å².